The van der Waals surface area contributed by atoms with Crippen molar-refractivity contribution in [1.82, 2.24) is 10.2 Å². The molecule has 0 radical (unpaired) electrons. The molecule has 2 fully saturated rings. The summed E-state index contributed by atoms with van der Waals surface area (Å²) >= 11 is 0. The molecule has 0 aromatic rings. The second-order valence-electron chi connectivity index (χ2n) is 5.85. The monoisotopic (exact) mass is 254 g/mol. The van der Waals surface area contributed by atoms with Crippen molar-refractivity contribution in [2.45, 2.75) is 45.1 Å². The number of rotatable bonds is 4. The summed E-state index contributed by atoms with van der Waals surface area (Å²) in [7, 11) is 0. The number of aliphatic hydroxyl groups is 1. The summed E-state index contributed by atoms with van der Waals surface area (Å²) in [6.45, 7) is 5.32. The van der Waals surface area contributed by atoms with Gasteiger partial charge < -0.3 is 15.3 Å². The van der Waals surface area contributed by atoms with E-state index in [4.69, 9.17) is 0 Å². The molecule has 3 unspecified atom stereocenters. The molecule has 2 aliphatic rings. The average molecular weight is 254 g/mol. The van der Waals surface area contributed by atoms with Crippen LogP contribution in [0.2, 0.25) is 0 Å². The van der Waals surface area contributed by atoms with E-state index in [1.807, 2.05) is 4.90 Å². The molecule has 3 atom stereocenters. The van der Waals surface area contributed by atoms with Crippen molar-refractivity contribution in [3.8, 4) is 0 Å². The van der Waals surface area contributed by atoms with Gasteiger partial charge in [-0.15, -0.1) is 0 Å². The first-order valence-electron chi connectivity index (χ1n) is 7.33. The predicted molar refractivity (Wildman–Crippen MR) is 71.2 cm³/mol. The molecule has 18 heavy (non-hydrogen) atoms. The van der Waals surface area contributed by atoms with Gasteiger partial charge in [-0.2, -0.15) is 0 Å². The van der Waals surface area contributed by atoms with Gasteiger partial charge in [0.2, 0.25) is 5.91 Å². The van der Waals surface area contributed by atoms with Gasteiger partial charge in [0.25, 0.3) is 0 Å². The molecule has 2 aliphatic heterocycles. The van der Waals surface area contributed by atoms with Gasteiger partial charge in [0.1, 0.15) is 0 Å². The van der Waals surface area contributed by atoms with E-state index in [0.29, 0.717) is 18.3 Å². The second-order valence-corrected chi connectivity index (χ2v) is 5.85. The molecule has 0 saturated carbocycles. The number of nitrogens with zero attached hydrogens (tertiary/aromatic N) is 1. The number of amides is 1. The van der Waals surface area contributed by atoms with Crippen molar-refractivity contribution >= 4 is 5.91 Å². The Morgan fingerprint density at radius 3 is 2.94 bits per heavy atom. The van der Waals surface area contributed by atoms with Gasteiger partial charge in [0, 0.05) is 13.0 Å². The molecule has 2 rings (SSSR count). The minimum absolute atomic E-state index is 0.0779. The maximum atomic E-state index is 12.3. The number of piperidine rings is 1. The van der Waals surface area contributed by atoms with E-state index in [0.717, 1.165) is 32.5 Å². The van der Waals surface area contributed by atoms with Crippen LogP contribution in [-0.2, 0) is 4.79 Å². The summed E-state index contributed by atoms with van der Waals surface area (Å²) < 4.78 is 0. The quantitative estimate of drug-likeness (QED) is 0.787. The minimum atomic E-state index is 0.0779. The van der Waals surface area contributed by atoms with Crippen LogP contribution in [0.1, 0.15) is 39.0 Å². The number of nitrogens with one attached hydrogen (secondary N) is 1. The minimum Gasteiger partial charge on any atom is -0.394 e. The lowest BCUT2D eigenvalue weighted by Crippen LogP contribution is -2.40. The molecule has 2 heterocycles. The summed E-state index contributed by atoms with van der Waals surface area (Å²) in [5, 5.41) is 12.7. The van der Waals surface area contributed by atoms with Crippen LogP contribution in [0.5, 0.6) is 0 Å². The molecule has 2 N–H and O–H groups in total. The summed E-state index contributed by atoms with van der Waals surface area (Å²) in [5.41, 5.74) is 0. The van der Waals surface area contributed by atoms with Crippen molar-refractivity contribution in [2.75, 3.05) is 26.2 Å². The van der Waals surface area contributed by atoms with Gasteiger partial charge in [-0.1, -0.05) is 6.92 Å². The van der Waals surface area contributed by atoms with Crippen LogP contribution in [0.15, 0.2) is 0 Å². The Labute approximate surface area is 110 Å². The SMILES string of the molecule is CC(CC(=O)N1CCCC1CO)C1CCCNC1. The first kappa shape index (κ1) is 13.8. The number of carbonyl (C=O) groups is 1. The zero-order valence-electron chi connectivity index (χ0n) is 11.4. The van der Waals surface area contributed by atoms with E-state index in [2.05, 4.69) is 12.2 Å². The van der Waals surface area contributed by atoms with Crippen LogP contribution in [0, 0.1) is 11.8 Å². The molecule has 0 aromatic heterocycles. The number of carbonyl (C=O) groups excluding carboxylic acids is 1. The van der Waals surface area contributed by atoms with Crippen LogP contribution in [0.4, 0.5) is 0 Å². The molecule has 104 valence electrons. The maximum absolute atomic E-state index is 12.3. The van der Waals surface area contributed by atoms with Gasteiger partial charge in [-0.05, 0) is 50.6 Å². The Bertz CT molecular complexity index is 277. The van der Waals surface area contributed by atoms with E-state index in [-0.39, 0.29) is 18.6 Å². The van der Waals surface area contributed by atoms with E-state index < -0.39 is 0 Å². The Morgan fingerprint density at radius 1 is 1.44 bits per heavy atom. The summed E-state index contributed by atoms with van der Waals surface area (Å²) in [6.07, 6.45) is 5.11. The fourth-order valence-corrected chi connectivity index (χ4v) is 3.28. The fraction of sp³-hybridized carbons (Fsp3) is 0.929. The van der Waals surface area contributed by atoms with Crippen LogP contribution >= 0.6 is 0 Å². The van der Waals surface area contributed by atoms with Crippen molar-refractivity contribution in [3.63, 3.8) is 0 Å². The Balaban J connectivity index is 1.82. The summed E-state index contributed by atoms with van der Waals surface area (Å²) in [5.74, 6) is 1.33. The standard InChI is InChI=1S/C14H26N2O2/c1-11(12-4-2-6-15-9-12)8-14(18)16-7-3-5-13(16)10-17/h11-13,15,17H,2-10H2,1H3. The Kier molecular flexibility index (Phi) is 5.01. The fourth-order valence-electron chi connectivity index (χ4n) is 3.28. The number of hydrogen-bond donors (Lipinski definition) is 2. The molecule has 0 bridgehead atoms. The lowest BCUT2D eigenvalue weighted by Gasteiger charge is -2.30. The van der Waals surface area contributed by atoms with Crippen molar-refractivity contribution in [2.24, 2.45) is 11.8 Å². The molecule has 4 heteroatoms. The highest BCUT2D eigenvalue weighted by atomic mass is 16.3. The summed E-state index contributed by atoms with van der Waals surface area (Å²) in [6, 6.07) is 0.0779. The third-order valence-electron chi connectivity index (χ3n) is 4.54. The lowest BCUT2D eigenvalue weighted by atomic mass is 9.85. The average Bonchev–Trinajstić information content (AvgIpc) is 2.88. The van der Waals surface area contributed by atoms with Gasteiger partial charge in [0.05, 0.1) is 12.6 Å². The number of hydrogen-bond acceptors (Lipinski definition) is 3. The third-order valence-corrected chi connectivity index (χ3v) is 4.54. The zero-order chi connectivity index (χ0) is 13.0. The first-order valence-corrected chi connectivity index (χ1v) is 7.33. The molecule has 0 spiro atoms. The molecule has 0 aromatic carbocycles. The molecule has 1 amide bonds. The largest absolute Gasteiger partial charge is 0.394 e. The van der Waals surface area contributed by atoms with E-state index in [1.54, 1.807) is 0 Å². The van der Waals surface area contributed by atoms with E-state index in [1.165, 1.54) is 12.8 Å². The first-order chi connectivity index (χ1) is 8.72. The smallest absolute Gasteiger partial charge is 0.223 e. The number of likely N-dealkylation sites (tertiary alicyclic amines) is 1. The molecular weight excluding hydrogens is 228 g/mol. The van der Waals surface area contributed by atoms with Crippen LogP contribution in [-0.4, -0.2) is 48.2 Å². The molecule has 4 nitrogen and oxygen atoms in total. The van der Waals surface area contributed by atoms with E-state index >= 15 is 0 Å². The van der Waals surface area contributed by atoms with Gasteiger partial charge in [0.15, 0.2) is 0 Å². The van der Waals surface area contributed by atoms with Crippen molar-refractivity contribution in [1.29, 1.82) is 0 Å². The van der Waals surface area contributed by atoms with E-state index in [9.17, 15) is 9.90 Å². The highest BCUT2D eigenvalue weighted by Crippen LogP contribution is 2.25. The van der Waals surface area contributed by atoms with Crippen LogP contribution in [0.3, 0.4) is 0 Å². The van der Waals surface area contributed by atoms with Gasteiger partial charge in [-0.3, -0.25) is 4.79 Å². The number of aliphatic hydroxyl groups excluding tert-OH is 1. The van der Waals surface area contributed by atoms with Crippen molar-refractivity contribution in [3.05, 3.63) is 0 Å². The molecule has 0 aliphatic carbocycles. The maximum Gasteiger partial charge on any atom is 0.223 e. The Morgan fingerprint density at radius 2 is 2.28 bits per heavy atom. The van der Waals surface area contributed by atoms with Gasteiger partial charge in [-0.25, -0.2) is 0 Å². The highest BCUT2D eigenvalue weighted by Gasteiger charge is 2.30. The normalized spacial score (nSPS) is 30.4. The topological polar surface area (TPSA) is 52.6 Å². The lowest BCUT2D eigenvalue weighted by molar-refractivity contribution is -0.134. The van der Waals surface area contributed by atoms with Crippen molar-refractivity contribution < 1.29 is 9.90 Å². The third kappa shape index (κ3) is 3.23. The zero-order valence-corrected chi connectivity index (χ0v) is 11.4. The molecule has 2 saturated heterocycles. The second kappa shape index (κ2) is 6.53. The van der Waals surface area contributed by atoms with Crippen LogP contribution < -0.4 is 5.32 Å². The molecular formula is C14H26N2O2. The Hall–Kier alpha value is -0.610. The van der Waals surface area contributed by atoms with Gasteiger partial charge >= 0.3 is 0 Å². The highest BCUT2D eigenvalue weighted by molar-refractivity contribution is 5.77. The summed E-state index contributed by atoms with van der Waals surface area (Å²) in [4.78, 5) is 14.2. The van der Waals surface area contributed by atoms with Crippen LogP contribution in [0.25, 0.3) is 0 Å². The predicted octanol–water partition coefficient (Wildman–Crippen LogP) is 0.996.